The fourth-order valence-corrected chi connectivity index (χ4v) is 2.36. The Balaban J connectivity index is 1.91. The number of aryl methyl sites for hydroxylation is 1. The summed E-state index contributed by atoms with van der Waals surface area (Å²) in [6, 6.07) is 14.8. The van der Waals surface area contributed by atoms with Crippen LogP contribution < -0.4 is 16.0 Å². The molecule has 0 aliphatic carbocycles. The smallest absolute Gasteiger partial charge is 0.246 e. The molecule has 144 valence electrons. The first-order valence-electron chi connectivity index (χ1n) is 9.27. The second-order valence-corrected chi connectivity index (χ2v) is 7.69. The molecule has 2 amide bonds. The van der Waals surface area contributed by atoms with Gasteiger partial charge in [0.25, 0.3) is 0 Å². The summed E-state index contributed by atoms with van der Waals surface area (Å²) in [7, 11) is 0. The van der Waals surface area contributed by atoms with Crippen LogP contribution in [0.3, 0.4) is 0 Å². The van der Waals surface area contributed by atoms with Gasteiger partial charge in [-0.05, 0) is 55.3 Å². The van der Waals surface area contributed by atoms with Crippen molar-refractivity contribution >= 4 is 28.9 Å². The highest BCUT2D eigenvalue weighted by Gasteiger charge is 2.21. The van der Waals surface area contributed by atoms with E-state index < -0.39 is 11.5 Å². The molecule has 1 atom stereocenters. The lowest BCUT2D eigenvalue weighted by Gasteiger charge is -2.18. The van der Waals surface area contributed by atoms with Gasteiger partial charge in [0.2, 0.25) is 11.8 Å². The molecule has 2 rings (SSSR count). The quantitative estimate of drug-likeness (QED) is 0.695. The lowest BCUT2D eigenvalue weighted by molar-refractivity contribution is -0.123. The third kappa shape index (κ3) is 6.13. The van der Waals surface area contributed by atoms with Crippen molar-refractivity contribution in [1.29, 1.82) is 0 Å². The molecular weight excluding hydrogens is 338 g/mol. The van der Waals surface area contributed by atoms with Gasteiger partial charge in [0.05, 0.1) is 0 Å². The van der Waals surface area contributed by atoms with E-state index in [2.05, 4.69) is 22.9 Å². The van der Waals surface area contributed by atoms with Crippen LogP contribution in [0.1, 0.15) is 40.2 Å². The molecular formula is C22H29N3O2. The maximum atomic E-state index is 12.4. The molecule has 0 saturated heterocycles. The first-order chi connectivity index (χ1) is 12.7. The highest BCUT2D eigenvalue weighted by molar-refractivity contribution is 5.96. The lowest BCUT2D eigenvalue weighted by atomic mass is 9.95. The number of hydrogen-bond acceptors (Lipinski definition) is 3. The molecule has 2 aromatic rings. The van der Waals surface area contributed by atoms with Crippen LogP contribution in [-0.2, 0) is 16.0 Å². The highest BCUT2D eigenvalue weighted by atomic mass is 16.2. The number of hydrogen-bond donors (Lipinski definition) is 3. The molecule has 27 heavy (non-hydrogen) atoms. The zero-order valence-electron chi connectivity index (χ0n) is 16.7. The third-order valence-corrected chi connectivity index (χ3v) is 4.23. The Bertz CT molecular complexity index is 775. The molecule has 0 unspecified atom stereocenters. The summed E-state index contributed by atoms with van der Waals surface area (Å²) in [6.07, 6.45) is 0.971. The topological polar surface area (TPSA) is 70.2 Å². The van der Waals surface area contributed by atoms with Gasteiger partial charge in [-0.2, -0.15) is 0 Å². The largest absolute Gasteiger partial charge is 0.374 e. The van der Waals surface area contributed by atoms with Gasteiger partial charge in [0.1, 0.15) is 6.04 Å². The van der Waals surface area contributed by atoms with Crippen LogP contribution in [0.5, 0.6) is 0 Å². The number of rotatable bonds is 6. The van der Waals surface area contributed by atoms with Crippen molar-refractivity contribution in [3.63, 3.8) is 0 Å². The molecule has 0 aliphatic rings. The second-order valence-electron chi connectivity index (χ2n) is 7.69. The number of carbonyl (C=O) groups is 2. The van der Waals surface area contributed by atoms with Crippen molar-refractivity contribution in [1.82, 2.24) is 0 Å². The number of nitrogens with one attached hydrogen (secondary N) is 3. The summed E-state index contributed by atoms with van der Waals surface area (Å²) in [5.74, 6) is -0.144. The van der Waals surface area contributed by atoms with E-state index in [1.54, 1.807) is 0 Å². The van der Waals surface area contributed by atoms with Crippen molar-refractivity contribution in [3.8, 4) is 0 Å². The average molecular weight is 367 g/mol. The molecule has 5 nitrogen and oxygen atoms in total. The van der Waals surface area contributed by atoms with Crippen molar-refractivity contribution < 1.29 is 9.59 Å². The molecule has 0 fully saturated rings. The predicted molar refractivity (Wildman–Crippen MR) is 112 cm³/mol. The van der Waals surface area contributed by atoms with Crippen LogP contribution in [0.2, 0.25) is 0 Å². The van der Waals surface area contributed by atoms with Crippen molar-refractivity contribution in [2.24, 2.45) is 5.41 Å². The second kappa shape index (κ2) is 8.71. The summed E-state index contributed by atoms with van der Waals surface area (Å²) in [4.78, 5) is 24.4. The summed E-state index contributed by atoms with van der Waals surface area (Å²) >= 11 is 0. The van der Waals surface area contributed by atoms with Gasteiger partial charge in [0.15, 0.2) is 0 Å². The van der Waals surface area contributed by atoms with Gasteiger partial charge < -0.3 is 16.0 Å². The first kappa shape index (κ1) is 20.5. The van der Waals surface area contributed by atoms with Crippen LogP contribution in [0, 0.1) is 5.41 Å². The Morgan fingerprint density at radius 3 is 1.85 bits per heavy atom. The van der Waals surface area contributed by atoms with E-state index in [0.29, 0.717) is 0 Å². The normalized spacial score (nSPS) is 12.2. The van der Waals surface area contributed by atoms with Crippen LogP contribution >= 0.6 is 0 Å². The molecule has 0 saturated carbocycles. The molecule has 0 bridgehead atoms. The Labute approximate surface area is 161 Å². The van der Waals surface area contributed by atoms with E-state index in [9.17, 15) is 9.59 Å². The SMILES string of the molecule is CCc1ccc(NC(=O)[C@H](C)Nc2ccc(NC(=O)C(C)(C)C)cc2)cc1. The van der Waals surface area contributed by atoms with Crippen molar-refractivity contribution in [2.75, 3.05) is 16.0 Å². The van der Waals surface area contributed by atoms with E-state index >= 15 is 0 Å². The number of benzene rings is 2. The lowest BCUT2D eigenvalue weighted by Crippen LogP contribution is -2.31. The molecule has 0 radical (unpaired) electrons. The minimum atomic E-state index is -0.446. The van der Waals surface area contributed by atoms with Crippen LogP contribution in [-0.4, -0.2) is 17.9 Å². The fourth-order valence-electron chi connectivity index (χ4n) is 2.36. The Hall–Kier alpha value is -2.82. The Kier molecular flexibility index (Phi) is 6.61. The van der Waals surface area contributed by atoms with Gasteiger partial charge in [-0.1, -0.05) is 39.8 Å². The zero-order valence-corrected chi connectivity index (χ0v) is 16.7. The van der Waals surface area contributed by atoms with Crippen LogP contribution in [0.25, 0.3) is 0 Å². The maximum absolute atomic E-state index is 12.4. The molecule has 0 aromatic heterocycles. The van der Waals surface area contributed by atoms with E-state index in [1.807, 2.05) is 76.2 Å². The summed E-state index contributed by atoms with van der Waals surface area (Å²) < 4.78 is 0. The predicted octanol–water partition coefficient (Wildman–Crippen LogP) is 4.67. The summed E-state index contributed by atoms with van der Waals surface area (Å²) in [5, 5.41) is 8.96. The van der Waals surface area contributed by atoms with Crippen molar-refractivity contribution in [3.05, 3.63) is 54.1 Å². The van der Waals surface area contributed by atoms with E-state index in [0.717, 1.165) is 23.5 Å². The molecule has 5 heteroatoms. The highest BCUT2D eigenvalue weighted by Crippen LogP contribution is 2.19. The van der Waals surface area contributed by atoms with Gasteiger partial charge >= 0.3 is 0 Å². The van der Waals surface area contributed by atoms with Crippen LogP contribution in [0.15, 0.2) is 48.5 Å². The van der Waals surface area contributed by atoms with Crippen LogP contribution in [0.4, 0.5) is 17.1 Å². The Morgan fingerprint density at radius 1 is 0.852 bits per heavy atom. The fraction of sp³-hybridized carbons (Fsp3) is 0.364. The molecule has 0 heterocycles. The number of anilines is 3. The average Bonchev–Trinajstić information content (AvgIpc) is 2.63. The van der Waals surface area contributed by atoms with Gasteiger partial charge in [-0.3, -0.25) is 9.59 Å². The number of carbonyl (C=O) groups excluding carboxylic acids is 2. The van der Waals surface area contributed by atoms with Gasteiger partial charge in [-0.25, -0.2) is 0 Å². The monoisotopic (exact) mass is 367 g/mol. The van der Waals surface area contributed by atoms with E-state index in [-0.39, 0.29) is 11.8 Å². The third-order valence-electron chi connectivity index (χ3n) is 4.23. The van der Waals surface area contributed by atoms with E-state index in [4.69, 9.17) is 0 Å². The van der Waals surface area contributed by atoms with Crippen molar-refractivity contribution in [2.45, 2.75) is 47.1 Å². The molecule has 0 aliphatic heterocycles. The Morgan fingerprint density at radius 2 is 1.33 bits per heavy atom. The summed E-state index contributed by atoms with van der Waals surface area (Å²) in [6.45, 7) is 9.52. The maximum Gasteiger partial charge on any atom is 0.246 e. The van der Waals surface area contributed by atoms with E-state index in [1.165, 1.54) is 5.56 Å². The number of amides is 2. The summed E-state index contributed by atoms with van der Waals surface area (Å²) in [5.41, 5.74) is 3.11. The molecule has 0 spiro atoms. The minimum absolute atomic E-state index is 0.0370. The standard InChI is InChI=1S/C22H29N3O2/c1-6-16-7-9-18(10-8-16)24-20(26)15(2)23-17-11-13-19(14-12-17)25-21(27)22(3,4)5/h7-15,23H,6H2,1-5H3,(H,24,26)(H,25,27)/t15-/m0/s1. The molecule has 3 N–H and O–H groups in total. The molecule has 2 aromatic carbocycles. The van der Waals surface area contributed by atoms with Gasteiger partial charge in [0, 0.05) is 22.5 Å². The minimum Gasteiger partial charge on any atom is -0.374 e. The first-order valence-corrected chi connectivity index (χ1v) is 9.27. The van der Waals surface area contributed by atoms with Gasteiger partial charge in [-0.15, -0.1) is 0 Å². The zero-order chi connectivity index (χ0) is 20.0.